The number of anilines is 1. The molecule has 0 radical (unpaired) electrons. The summed E-state index contributed by atoms with van der Waals surface area (Å²) in [6.07, 6.45) is 2.33. The number of benzene rings is 3. The van der Waals surface area contributed by atoms with E-state index in [4.69, 9.17) is 32.7 Å². The number of para-hydroxylation sites is 1. The van der Waals surface area contributed by atoms with Crippen LogP contribution in [-0.4, -0.2) is 50.6 Å². The Labute approximate surface area is 239 Å². The molecule has 3 aromatic rings. The summed E-state index contributed by atoms with van der Waals surface area (Å²) in [7, 11) is 3.19. The fourth-order valence-electron chi connectivity index (χ4n) is 4.79. The lowest BCUT2D eigenvalue weighted by molar-refractivity contribution is -0.121. The van der Waals surface area contributed by atoms with Gasteiger partial charge in [0.05, 0.1) is 41.4 Å². The topological polar surface area (TPSA) is 79.9 Å². The molecule has 1 aliphatic heterocycles. The van der Waals surface area contributed by atoms with E-state index in [1.54, 1.807) is 38.5 Å². The minimum Gasteiger partial charge on any atom is -0.493 e. The maximum atomic E-state index is 13.2. The minimum atomic E-state index is -0.240. The molecule has 4 rings (SSSR count). The summed E-state index contributed by atoms with van der Waals surface area (Å²) in [5.74, 6) is 0.802. The van der Waals surface area contributed by atoms with Gasteiger partial charge in [0, 0.05) is 19.6 Å². The zero-order valence-corrected chi connectivity index (χ0v) is 23.6. The van der Waals surface area contributed by atoms with Gasteiger partial charge >= 0.3 is 0 Å². The molecular weight excluding hydrogens is 537 g/mol. The lowest BCUT2D eigenvalue weighted by atomic mass is 9.96. The van der Waals surface area contributed by atoms with Gasteiger partial charge in [0.1, 0.15) is 0 Å². The SMILES string of the molecule is COc1ccc(CCNC(=O)c2ccccc2NC(=O)C2CCCN(Cc3ccc(Cl)c(Cl)c3)C2)cc1OC. The van der Waals surface area contributed by atoms with Crippen LogP contribution in [0.3, 0.4) is 0 Å². The highest BCUT2D eigenvalue weighted by Gasteiger charge is 2.27. The van der Waals surface area contributed by atoms with Crippen molar-refractivity contribution in [3.8, 4) is 11.5 Å². The predicted molar refractivity (Wildman–Crippen MR) is 155 cm³/mol. The maximum absolute atomic E-state index is 13.2. The second kappa shape index (κ2) is 13.7. The van der Waals surface area contributed by atoms with Gasteiger partial charge < -0.3 is 20.1 Å². The number of hydrogen-bond donors (Lipinski definition) is 2. The van der Waals surface area contributed by atoms with Gasteiger partial charge in [-0.1, -0.05) is 47.5 Å². The first-order chi connectivity index (χ1) is 18.9. The molecule has 0 aliphatic carbocycles. The molecule has 3 aromatic carbocycles. The number of hydrogen-bond acceptors (Lipinski definition) is 5. The number of likely N-dealkylation sites (tertiary alicyclic amines) is 1. The van der Waals surface area contributed by atoms with E-state index in [2.05, 4.69) is 15.5 Å². The van der Waals surface area contributed by atoms with Crippen molar-refractivity contribution >= 4 is 40.7 Å². The Morgan fingerprint density at radius 3 is 2.49 bits per heavy atom. The predicted octanol–water partition coefficient (Wildman–Crippen LogP) is 5.83. The summed E-state index contributed by atoms with van der Waals surface area (Å²) in [6.45, 7) is 2.66. The van der Waals surface area contributed by atoms with Crippen molar-refractivity contribution in [1.29, 1.82) is 0 Å². The highest BCUT2D eigenvalue weighted by molar-refractivity contribution is 6.42. The second-order valence-corrected chi connectivity index (χ2v) is 10.4. The molecule has 1 fully saturated rings. The molecule has 1 unspecified atom stereocenters. The molecule has 1 heterocycles. The highest BCUT2D eigenvalue weighted by Crippen LogP contribution is 2.28. The molecule has 0 bridgehead atoms. The molecule has 206 valence electrons. The molecule has 1 aliphatic rings. The van der Waals surface area contributed by atoms with Crippen molar-refractivity contribution in [2.45, 2.75) is 25.8 Å². The summed E-state index contributed by atoms with van der Waals surface area (Å²) in [5, 5.41) is 7.02. The summed E-state index contributed by atoms with van der Waals surface area (Å²) < 4.78 is 10.6. The zero-order valence-electron chi connectivity index (χ0n) is 22.1. The van der Waals surface area contributed by atoms with E-state index in [1.165, 1.54) is 0 Å². The summed E-state index contributed by atoms with van der Waals surface area (Å²) >= 11 is 12.2. The molecule has 0 spiro atoms. The maximum Gasteiger partial charge on any atom is 0.253 e. The Morgan fingerprint density at radius 1 is 0.949 bits per heavy atom. The van der Waals surface area contributed by atoms with E-state index < -0.39 is 0 Å². The Bertz CT molecular complexity index is 1320. The van der Waals surface area contributed by atoms with Gasteiger partial charge in [-0.05, 0) is 73.3 Å². The number of halogens is 2. The Hall–Kier alpha value is -3.26. The average Bonchev–Trinajstić information content (AvgIpc) is 2.95. The number of ether oxygens (including phenoxy) is 2. The van der Waals surface area contributed by atoms with E-state index in [0.29, 0.717) is 58.9 Å². The van der Waals surface area contributed by atoms with Crippen LogP contribution in [0.25, 0.3) is 0 Å². The lowest BCUT2D eigenvalue weighted by Crippen LogP contribution is -2.40. The Kier molecular flexibility index (Phi) is 10.1. The molecule has 1 atom stereocenters. The third-order valence-corrected chi connectivity index (χ3v) is 7.58. The number of rotatable bonds is 10. The van der Waals surface area contributed by atoms with Crippen LogP contribution in [-0.2, 0) is 17.8 Å². The van der Waals surface area contributed by atoms with Crippen LogP contribution < -0.4 is 20.1 Å². The van der Waals surface area contributed by atoms with Gasteiger partial charge in [-0.2, -0.15) is 0 Å². The number of piperidine rings is 1. The molecule has 0 saturated carbocycles. The number of carbonyl (C=O) groups excluding carboxylic acids is 2. The average molecular weight is 571 g/mol. The normalized spacial score (nSPS) is 15.4. The standard InChI is InChI=1S/C30H33Cl2N3O4/c1-38-27-12-10-20(17-28(27)39-2)13-14-33-30(37)23-7-3-4-8-26(23)34-29(36)22-6-5-15-35(19-22)18-21-9-11-24(31)25(32)16-21/h3-4,7-12,16-17,22H,5-6,13-15,18-19H2,1-2H3,(H,33,37)(H,34,36). The minimum absolute atomic E-state index is 0.0839. The number of nitrogens with one attached hydrogen (secondary N) is 2. The van der Waals surface area contributed by atoms with Crippen LogP contribution in [0.15, 0.2) is 60.7 Å². The summed E-state index contributed by atoms with van der Waals surface area (Å²) in [5.41, 5.74) is 3.01. The third-order valence-electron chi connectivity index (χ3n) is 6.84. The molecule has 0 aromatic heterocycles. The fraction of sp³-hybridized carbons (Fsp3) is 0.333. The summed E-state index contributed by atoms with van der Waals surface area (Å²) in [4.78, 5) is 28.5. The zero-order chi connectivity index (χ0) is 27.8. The van der Waals surface area contributed by atoms with Gasteiger partial charge in [0.2, 0.25) is 5.91 Å². The third kappa shape index (κ3) is 7.66. The van der Waals surface area contributed by atoms with Gasteiger partial charge in [-0.3, -0.25) is 14.5 Å². The van der Waals surface area contributed by atoms with Crippen molar-refractivity contribution in [2.24, 2.45) is 5.92 Å². The van der Waals surface area contributed by atoms with Crippen molar-refractivity contribution in [1.82, 2.24) is 10.2 Å². The number of amides is 2. The van der Waals surface area contributed by atoms with Crippen LogP contribution in [0.1, 0.15) is 34.3 Å². The molecule has 9 heteroatoms. The number of nitrogens with zero attached hydrogens (tertiary/aromatic N) is 1. The monoisotopic (exact) mass is 569 g/mol. The molecule has 39 heavy (non-hydrogen) atoms. The quantitative estimate of drug-likeness (QED) is 0.321. The van der Waals surface area contributed by atoms with Crippen LogP contribution in [0, 0.1) is 5.92 Å². The van der Waals surface area contributed by atoms with Crippen LogP contribution in [0.5, 0.6) is 11.5 Å². The smallest absolute Gasteiger partial charge is 0.253 e. The first-order valence-electron chi connectivity index (χ1n) is 12.9. The first-order valence-corrected chi connectivity index (χ1v) is 13.7. The van der Waals surface area contributed by atoms with Crippen molar-refractivity contribution in [3.63, 3.8) is 0 Å². The molecule has 1 saturated heterocycles. The van der Waals surface area contributed by atoms with Crippen LogP contribution in [0.2, 0.25) is 10.0 Å². The van der Waals surface area contributed by atoms with Crippen molar-refractivity contribution < 1.29 is 19.1 Å². The first kappa shape index (κ1) is 28.7. The Morgan fingerprint density at radius 2 is 1.72 bits per heavy atom. The number of carbonyl (C=O) groups is 2. The summed E-state index contributed by atoms with van der Waals surface area (Å²) in [6, 6.07) is 18.4. The molecular formula is C30H33Cl2N3O4. The number of methoxy groups -OCH3 is 2. The van der Waals surface area contributed by atoms with Gasteiger partial charge in [-0.15, -0.1) is 0 Å². The van der Waals surface area contributed by atoms with E-state index >= 15 is 0 Å². The highest BCUT2D eigenvalue weighted by atomic mass is 35.5. The van der Waals surface area contributed by atoms with E-state index in [9.17, 15) is 9.59 Å². The largest absolute Gasteiger partial charge is 0.493 e. The molecule has 7 nitrogen and oxygen atoms in total. The second-order valence-electron chi connectivity index (χ2n) is 9.55. The molecule has 2 N–H and O–H groups in total. The van der Waals surface area contributed by atoms with Crippen LogP contribution >= 0.6 is 23.2 Å². The van der Waals surface area contributed by atoms with Crippen molar-refractivity contribution in [3.05, 3.63) is 87.4 Å². The fourth-order valence-corrected chi connectivity index (χ4v) is 5.11. The lowest BCUT2D eigenvalue weighted by Gasteiger charge is -2.32. The Balaban J connectivity index is 1.33. The van der Waals surface area contributed by atoms with Crippen molar-refractivity contribution in [2.75, 3.05) is 39.2 Å². The van der Waals surface area contributed by atoms with E-state index in [0.717, 1.165) is 30.5 Å². The van der Waals surface area contributed by atoms with Crippen LogP contribution in [0.4, 0.5) is 5.69 Å². The van der Waals surface area contributed by atoms with Gasteiger partial charge in [0.25, 0.3) is 5.91 Å². The van der Waals surface area contributed by atoms with E-state index in [-0.39, 0.29) is 17.7 Å². The molecule has 2 amide bonds. The van der Waals surface area contributed by atoms with Gasteiger partial charge in [-0.25, -0.2) is 0 Å². The van der Waals surface area contributed by atoms with Gasteiger partial charge in [0.15, 0.2) is 11.5 Å². The van der Waals surface area contributed by atoms with E-state index in [1.807, 2.05) is 36.4 Å².